The van der Waals surface area contributed by atoms with Crippen molar-refractivity contribution in [1.82, 2.24) is 14.9 Å². The third-order valence-electron chi connectivity index (χ3n) is 3.73. The van der Waals surface area contributed by atoms with Crippen LogP contribution in [0.5, 0.6) is 0 Å². The second kappa shape index (κ2) is 6.52. The Morgan fingerprint density at radius 1 is 1.30 bits per heavy atom. The molecule has 5 nitrogen and oxygen atoms in total. The first-order valence-electron chi connectivity index (χ1n) is 7.52. The van der Waals surface area contributed by atoms with Crippen molar-refractivity contribution in [2.45, 2.75) is 19.6 Å². The molecule has 0 aromatic carbocycles. The Kier molecular flexibility index (Phi) is 4.26. The lowest BCUT2D eigenvalue weighted by atomic mass is 10.2. The molecule has 3 aromatic heterocycles. The minimum Gasteiger partial charge on any atom is -0.462 e. The van der Waals surface area contributed by atoms with Gasteiger partial charge in [0, 0.05) is 36.1 Å². The summed E-state index contributed by atoms with van der Waals surface area (Å²) in [7, 11) is 0. The second-order valence-electron chi connectivity index (χ2n) is 5.54. The molecule has 0 spiro atoms. The van der Waals surface area contributed by atoms with Crippen LogP contribution in [0.1, 0.15) is 22.5 Å². The van der Waals surface area contributed by atoms with E-state index in [0.717, 1.165) is 53.4 Å². The van der Waals surface area contributed by atoms with Gasteiger partial charge in [-0.15, -0.1) is 22.7 Å². The maximum Gasteiger partial charge on any atom is 0.162 e. The van der Waals surface area contributed by atoms with Crippen LogP contribution >= 0.6 is 22.7 Å². The molecule has 1 atom stereocenters. The minimum atomic E-state index is 0.0747. The van der Waals surface area contributed by atoms with Crippen LogP contribution < -0.4 is 0 Å². The van der Waals surface area contributed by atoms with Crippen molar-refractivity contribution in [3.8, 4) is 10.8 Å². The van der Waals surface area contributed by atoms with E-state index in [9.17, 15) is 0 Å². The first kappa shape index (κ1) is 15.0. The van der Waals surface area contributed by atoms with Crippen LogP contribution in [-0.2, 0) is 11.3 Å². The van der Waals surface area contributed by atoms with E-state index in [0.29, 0.717) is 0 Å². The number of morpholine rings is 1. The number of aryl methyl sites for hydroxylation is 1. The van der Waals surface area contributed by atoms with E-state index in [4.69, 9.17) is 9.15 Å². The zero-order valence-electron chi connectivity index (χ0n) is 12.8. The average molecular weight is 347 g/mol. The van der Waals surface area contributed by atoms with E-state index in [2.05, 4.69) is 25.6 Å². The predicted octanol–water partition coefficient (Wildman–Crippen LogP) is 3.74. The number of furan rings is 1. The molecule has 0 amide bonds. The molecule has 23 heavy (non-hydrogen) atoms. The number of hydrogen-bond acceptors (Lipinski definition) is 7. The summed E-state index contributed by atoms with van der Waals surface area (Å²) in [6.07, 6.45) is 1.75. The molecule has 120 valence electrons. The van der Waals surface area contributed by atoms with Gasteiger partial charge in [-0.1, -0.05) is 0 Å². The Hall–Kier alpha value is -1.54. The van der Waals surface area contributed by atoms with Crippen molar-refractivity contribution >= 4 is 22.7 Å². The molecule has 0 aliphatic carbocycles. The summed E-state index contributed by atoms with van der Waals surface area (Å²) >= 11 is 3.30. The quantitative estimate of drug-likeness (QED) is 0.719. The van der Waals surface area contributed by atoms with Crippen LogP contribution in [0.15, 0.2) is 33.6 Å². The van der Waals surface area contributed by atoms with Gasteiger partial charge in [-0.25, -0.2) is 9.97 Å². The first-order valence-corrected chi connectivity index (χ1v) is 9.28. The number of thiazole rings is 2. The van der Waals surface area contributed by atoms with E-state index in [-0.39, 0.29) is 6.10 Å². The van der Waals surface area contributed by atoms with Gasteiger partial charge in [0.1, 0.15) is 11.1 Å². The highest BCUT2D eigenvalue weighted by Gasteiger charge is 2.24. The van der Waals surface area contributed by atoms with Gasteiger partial charge >= 0.3 is 0 Å². The Balaban J connectivity index is 1.42. The van der Waals surface area contributed by atoms with Gasteiger partial charge < -0.3 is 9.15 Å². The van der Waals surface area contributed by atoms with Crippen LogP contribution in [0, 0.1) is 6.92 Å². The second-order valence-corrected chi connectivity index (χ2v) is 7.29. The monoisotopic (exact) mass is 347 g/mol. The fourth-order valence-corrected chi connectivity index (χ4v) is 4.25. The molecule has 3 aromatic rings. The van der Waals surface area contributed by atoms with Gasteiger partial charge in [0.2, 0.25) is 0 Å². The minimum absolute atomic E-state index is 0.0747. The van der Waals surface area contributed by atoms with Crippen LogP contribution in [-0.4, -0.2) is 34.6 Å². The third kappa shape index (κ3) is 3.37. The molecule has 0 bridgehead atoms. The molecular formula is C16H17N3O2S2. The fourth-order valence-electron chi connectivity index (χ4n) is 2.64. The van der Waals surface area contributed by atoms with E-state index in [1.165, 1.54) is 0 Å². The normalized spacial score (nSPS) is 19.3. The number of ether oxygens (including phenoxy) is 1. The van der Waals surface area contributed by atoms with Gasteiger partial charge in [0.15, 0.2) is 10.8 Å². The van der Waals surface area contributed by atoms with Gasteiger partial charge in [0.25, 0.3) is 0 Å². The van der Waals surface area contributed by atoms with Crippen LogP contribution in [0.25, 0.3) is 10.8 Å². The van der Waals surface area contributed by atoms with Gasteiger partial charge in [0.05, 0.1) is 18.6 Å². The Morgan fingerprint density at radius 2 is 2.26 bits per heavy atom. The Morgan fingerprint density at radius 3 is 3.04 bits per heavy atom. The van der Waals surface area contributed by atoms with Crippen molar-refractivity contribution in [3.63, 3.8) is 0 Å². The molecule has 4 rings (SSSR count). The maximum absolute atomic E-state index is 5.88. The average Bonchev–Trinajstić information content (AvgIpc) is 3.28. The summed E-state index contributed by atoms with van der Waals surface area (Å²) < 4.78 is 11.3. The predicted molar refractivity (Wildman–Crippen MR) is 90.6 cm³/mol. The molecule has 0 unspecified atom stereocenters. The molecule has 1 fully saturated rings. The van der Waals surface area contributed by atoms with Gasteiger partial charge in [-0.2, -0.15) is 0 Å². The summed E-state index contributed by atoms with van der Waals surface area (Å²) in [6, 6.07) is 3.83. The number of aromatic nitrogens is 2. The summed E-state index contributed by atoms with van der Waals surface area (Å²) in [5, 5.41) is 6.19. The van der Waals surface area contributed by atoms with E-state index < -0.39 is 0 Å². The van der Waals surface area contributed by atoms with E-state index in [1.807, 2.05) is 19.1 Å². The van der Waals surface area contributed by atoms with Crippen molar-refractivity contribution < 1.29 is 9.15 Å². The molecule has 1 saturated heterocycles. The Bertz CT molecular complexity index is 766. The number of hydrogen-bond donors (Lipinski definition) is 0. The lowest BCUT2D eigenvalue weighted by molar-refractivity contribution is -0.0333. The Labute approximate surface area is 142 Å². The van der Waals surface area contributed by atoms with E-state index in [1.54, 1.807) is 28.9 Å². The molecule has 1 aliphatic rings. The summed E-state index contributed by atoms with van der Waals surface area (Å²) in [5.74, 6) is 0.833. The highest BCUT2D eigenvalue weighted by Crippen LogP contribution is 2.28. The van der Waals surface area contributed by atoms with Gasteiger partial charge in [-0.3, -0.25) is 4.90 Å². The van der Waals surface area contributed by atoms with Crippen molar-refractivity contribution in [2.75, 3.05) is 19.7 Å². The number of rotatable bonds is 4. The zero-order chi connectivity index (χ0) is 15.6. The lowest BCUT2D eigenvalue weighted by Crippen LogP contribution is -2.37. The molecule has 7 heteroatoms. The van der Waals surface area contributed by atoms with Crippen LogP contribution in [0.2, 0.25) is 0 Å². The molecular weight excluding hydrogens is 330 g/mol. The highest BCUT2D eigenvalue weighted by atomic mass is 32.1. The molecule has 0 radical (unpaired) electrons. The zero-order valence-corrected chi connectivity index (χ0v) is 14.4. The molecule has 4 heterocycles. The SMILES string of the molecule is Cc1csc([C@@H]2CN(Cc3csc(-c4ccco4)n3)CCO2)n1. The lowest BCUT2D eigenvalue weighted by Gasteiger charge is -2.31. The molecule has 0 saturated carbocycles. The third-order valence-corrected chi connectivity index (χ3v) is 5.69. The topological polar surface area (TPSA) is 51.4 Å². The molecule has 1 aliphatic heterocycles. The summed E-state index contributed by atoms with van der Waals surface area (Å²) in [5.41, 5.74) is 2.14. The summed E-state index contributed by atoms with van der Waals surface area (Å²) in [6.45, 7) is 5.38. The molecule has 0 N–H and O–H groups in total. The maximum atomic E-state index is 5.88. The summed E-state index contributed by atoms with van der Waals surface area (Å²) in [4.78, 5) is 11.6. The van der Waals surface area contributed by atoms with Gasteiger partial charge in [-0.05, 0) is 19.1 Å². The standard InChI is InChI=1S/C16H17N3O2S2/c1-11-9-22-16(17-11)14-8-19(4-6-21-14)7-12-10-23-15(18-12)13-3-2-5-20-13/h2-3,5,9-10,14H,4,6-8H2,1H3/t14-/m0/s1. The van der Waals surface area contributed by atoms with E-state index >= 15 is 0 Å². The number of nitrogens with zero attached hydrogens (tertiary/aromatic N) is 3. The fraction of sp³-hybridized carbons (Fsp3) is 0.375. The largest absolute Gasteiger partial charge is 0.462 e. The highest BCUT2D eigenvalue weighted by molar-refractivity contribution is 7.13. The smallest absolute Gasteiger partial charge is 0.162 e. The van der Waals surface area contributed by atoms with Crippen molar-refractivity contribution in [3.05, 3.63) is 45.6 Å². The van der Waals surface area contributed by atoms with Crippen LogP contribution in [0.3, 0.4) is 0 Å². The van der Waals surface area contributed by atoms with Crippen molar-refractivity contribution in [2.24, 2.45) is 0 Å². The van der Waals surface area contributed by atoms with Crippen molar-refractivity contribution in [1.29, 1.82) is 0 Å². The van der Waals surface area contributed by atoms with Crippen LogP contribution in [0.4, 0.5) is 0 Å². The first-order chi connectivity index (χ1) is 11.3.